The highest BCUT2D eigenvalue weighted by molar-refractivity contribution is 6.26. The fourth-order valence-electron chi connectivity index (χ4n) is 3.05. The Morgan fingerprint density at radius 3 is 2.00 bits per heavy atom. The summed E-state index contributed by atoms with van der Waals surface area (Å²) in [5, 5.41) is 0. The van der Waals surface area contributed by atoms with Crippen LogP contribution in [0.1, 0.15) is 47.4 Å². The summed E-state index contributed by atoms with van der Waals surface area (Å²) in [6.07, 6.45) is 1.43. The number of hydrogen-bond donors (Lipinski definition) is 0. The van der Waals surface area contributed by atoms with E-state index in [1.807, 2.05) is 0 Å². The number of hydrogen-bond acceptors (Lipinski definition) is 4. The molecule has 0 radical (unpaired) electrons. The molecule has 0 aromatic heterocycles. The Labute approximate surface area is 148 Å². The van der Waals surface area contributed by atoms with Crippen molar-refractivity contribution in [1.29, 1.82) is 0 Å². The summed E-state index contributed by atoms with van der Waals surface area (Å²) >= 11 is 0. The second-order valence-corrected chi connectivity index (χ2v) is 8.46. The number of carbonyl (C=O) groups is 2. The van der Waals surface area contributed by atoms with Gasteiger partial charge in [0.2, 0.25) is 0 Å². The topological polar surface area (TPSA) is 55.8 Å². The summed E-state index contributed by atoms with van der Waals surface area (Å²) in [6.45, 7) is 8.91. The average molecular weight is 366 g/mol. The third kappa shape index (κ3) is 4.03. The van der Waals surface area contributed by atoms with Crippen molar-refractivity contribution in [1.82, 2.24) is 4.90 Å². The first-order chi connectivity index (χ1) is 11.4. The first-order valence-electron chi connectivity index (χ1n) is 8.60. The van der Waals surface area contributed by atoms with Crippen LogP contribution in [0.15, 0.2) is 24.3 Å². The summed E-state index contributed by atoms with van der Waals surface area (Å²) in [4.78, 5) is 26.1. The minimum Gasteiger partial charge on any atom is -0.400 e. The smallest absolute Gasteiger partial charge is 0.261 e. The van der Waals surface area contributed by atoms with E-state index in [1.54, 1.807) is 24.3 Å². The van der Waals surface area contributed by atoms with Crippen LogP contribution in [0.4, 0.5) is 0 Å². The van der Waals surface area contributed by atoms with Gasteiger partial charge >= 0.3 is 0 Å². The van der Waals surface area contributed by atoms with Crippen LogP contribution in [0, 0.1) is 5.41 Å². The van der Waals surface area contributed by atoms with Crippen molar-refractivity contribution in [2.24, 2.45) is 5.41 Å². The molecule has 0 N–H and O–H groups in total. The Bertz CT molecular complexity index is 565. The molecule has 1 aromatic rings. The highest BCUT2D eigenvalue weighted by atomic mass is 28.2. The second kappa shape index (κ2) is 8.20. The molecule has 5 nitrogen and oxygen atoms in total. The fourth-order valence-corrected chi connectivity index (χ4v) is 4.95. The Balaban J connectivity index is 1.94. The molecule has 0 fully saturated rings. The molecule has 0 atom stereocenters. The maximum absolute atomic E-state index is 12.4. The quantitative estimate of drug-likeness (QED) is 0.380. The maximum Gasteiger partial charge on any atom is 0.261 e. The molecule has 132 valence electrons. The van der Waals surface area contributed by atoms with Gasteiger partial charge in [-0.1, -0.05) is 39.1 Å². The van der Waals surface area contributed by atoms with Gasteiger partial charge in [-0.2, -0.15) is 0 Å². The molecule has 2 amide bonds. The van der Waals surface area contributed by atoms with Crippen LogP contribution in [0.2, 0.25) is 13.1 Å². The van der Waals surface area contributed by atoms with Gasteiger partial charge in [0.1, 0.15) is 6.29 Å². The molecule has 0 spiro atoms. The minimum atomic E-state index is -0.545. The van der Waals surface area contributed by atoms with Crippen LogP contribution >= 0.6 is 0 Å². The van der Waals surface area contributed by atoms with E-state index in [9.17, 15) is 9.59 Å². The second-order valence-electron chi connectivity index (χ2n) is 6.64. The van der Waals surface area contributed by atoms with Crippen LogP contribution in [-0.4, -0.2) is 49.1 Å². The summed E-state index contributed by atoms with van der Waals surface area (Å²) < 4.78 is 11.7. The summed E-state index contributed by atoms with van der Waals surface area (Å²) in [5.74, 6) is -0.362. The SMILES string of the molecule is C[SiH2]OC(O[SiH2]C)C(C)(C)CCCN1C(=O)c2ccccc2C1=O. The van der Waals surface area contributed by atoms with E-state index < -0.39 is 19.5 Å². The molecule has 1 heterocycles. The van der Waals surface area contributed by atoms with Crippen molar-refractivity contribution in [3.05, 3.63) is 35.4 Å². The van der Waals surface area contributed by atoms with Crippen LogP contribution in [0.5, 0.6) is 0 Å². The van der Waals surface area contributed by atoms with E-state index in [0.29, 0.717) is 17.7 Å². The molecule has 0 unspecified atom stereocenters. The number of carbonyl (C=O) groups excluding carboxylic acids is 2. The fraction of sp³-hybridized carbons (Fsp3) is 0.529. The van der Waals surface area contributed by atoms with Crippen molar-refractivity contribution in [2.45, 2.75) is 46.1 Å². The lowest BCUT2D eigenvalue weighted by Gasteiger charge is -2.34. The predicted octanol–water partition coefficient (Wildman–Crippen LogP) is 1.71. The first-order valence-corrected chi connectivity index (χ1v) is 12.6. The zero-order chi connectivity index (χ0) is 17.7. The monoisotopic (exact) mass is 365 g/mol. The van der Waals surface area contributed by atoms with Gasteiger partial charge in [0, 0.05) is 12.0 Å². The summed E-state index contributed by atoms with van der Waals surface area (Å²) in [7, 11) is -1.09. The first kappa shape index (κ1) is 19.0. The number of imide groups is 1. The number of benzene rings is 1. The Hall–Kier alpha value is -1.29. The molecule has 24 heavy (non-hydrogen) atoms. The van der Waals surface area contributed by atoms with E-state index in [4.69, 9.17) is 8.85 Å². The van der Waals surface area contributed by atoms with Gasteiger partial charge in [-0.25, -0.2) is 0 Å². The van der Waals surface area contributed by atoms with Crippen molar-refractivity contribution >= 4 is 31.3 Å². The van der Waals surface area contributed by atoms with Crippen molar-refractivity contribution in [2.75, 3.05) is 6.54 Å². The molecule has 0 bridgehead atoms. The predicted molar refractivity (Wildman–Crippen MR) is 99.6 cm³/mol. The third-order valence-electron chi connectivity index (χ3n) is 4.36. The zero-order valence-electron chi connectivity index (χ0n) is 15.0. The normalized spacial score (nSPS) is 16.8. The van der Waals surface area contributed by atoms with Gasteiger partial charge in [0.15, 0.2) is 19.5 Å². The standard InChI is InChI=1S/C17H27NO4Si2/c1-17(2,16(21-23-3)22-24-4)10-7-11-18-14(19)12-8-5-6-9-13(12)15(18)20/h5-6,8-9,16H,7,10-11,23-24H2,1-4H3. The molecule has 0 saturated heterocycles. The van der Waals surface area contributed by atoms with Gasteiger partial charge in [-0.15, -0.1) is 0 Å². The van der Waals surface area contributed by atoms with E-state index in [-0.39, 0.29) is 23.5 Å². The van der Waals surface area contributed by atoms with Crippen LogP contribution in [-0.2, 0) is 8.85 Å². The molecule has 1 aliphatic heterocycles. The highest BCUT2D eigenvalue weighted by Gasteiger charge is 2.36. The molecule has 1 aliphatic rings. The largest absolute Gasteiger partial charge is 0.400 e. The van der Waals surface area contributed by atoms with Gasteiger partial charge in [-0.3, -0.25) is 14.5 Å². The van der Waals surface area contributed by atoms with Crippen molar-refractivity contribution in [3.8, 4) is 0 Å². The summed E-state index contributed by atoms with van der Waals surface area (Å²) in [5.41, 5.74) is 0.908. The van der Waals surface area contributed by atoms with Gasteiger partial charge < -0.3 is 8.85 Å². The number of amides is 2. The van der Waals surface area contributed by atoms with Gasteiger partial charge in [0.05, 0.1) is 11.1 Å². The van der Waals surface area contributed by atoms with Crippen molar-refractivity contribution in [3.63, 3.8) is 0 Å². The molecule has 2 rings (SSSR count). The molecule has 0 aliphatic carbocycles. The number of nitrogens with zero attached hydrogens (tertiary/aromatic N) is 1. The van der Waals surface area contributed by atoms with E-state index in [1.165, 1.54) is 4.90 Å². The lowest BCUT2D eigenvalue weighted by atomic mass is 9.87. The number of fused-ring (bicyclic) bond motifs is 1. The van der Waals surface area contributed by atoms with Crippen LogP contribution in [0.25, 0.3) is 0 Å². The molecular weight excluding hydrogens is 338 g/mol. The molecule has 1 aromatic carbocycles. The molecule has 0 saturated carbocycles. The highest BCUT2D eigenvalue weighted by Crippen LogP contribution is 2.31. The Morgan fingerprint density at radius 2 is 1.54 bits per heavy atom. The lowest BCUT2D eigenvalue weighted by Crippen LogP contribution is -2.37. The Kier molecular flexibility index (Phi) is 6.50. The van der Waals surface area contributed by atoms with Crippen LogP contribution < -0.4 is 0 Å². The van der Waals surface area contributed by atoms with Gasteiger partial charge in [0.25, 0.3) is 11.8 Å². The van der Waals surface area contributed by atoms with E-state index in [2.05, 4.69) is 26.9 Å². The zero-order valence-corrected chi connectivity index (χ0v) is 17.8. The Morgan fingerprint density at radius 1 is 1.04 bits per heavy atom. The molecular formula is C17H27NO4Si2. The lowest BCUT2D eigenvalue weighted by molar-refractivity contribution is -0.0828. The van der Waals surface area contributed by atoms with Crippen LogP contribution in [0.3, 0.4) is 0 Å². The van der Waals surface area contributed by atoms with E-state index >= 15 is 0 Å². The maximum atomic E-state index is 12.4. The van der Waals surface area contributed by atoms with E-state index in [0.717, 1.165) is 12.8 Å². The molecule has 7 heteroatoms. The van der Waals surface area contributed by atoms with Crippen molar-refractivity contribution < 1.29 is 18.4 Å². The minimum absolute atomic E-state index is 0.120. The summed E-state index contributed by atoms with van der Waals surface area (Å²) in [6, 6.07) is 7.02. The average Bonchev–Trinajstić information content (AvgIpc) is 2.80. The number of rotatable bonds is 9. The third-order valence-corrected chi connectivity index (χ3v) is 5.63. The van der Waals surface area contributed by atoms with Gasteiger partial charge in [-0.05, 0) is 25.0 Å².